The molecule has 0 saturated heterocycles. The largest absolute Gasteiger partial charge is 0.205 e. The van der Waals surface area contributed by atoms with E-state index in [4.69, 9.17) is 5.26 Å². The topological polar surface area (TPSA) is 23.8 Å². The van der Waals surface area contributed by atoms with Gasteiger partial charge >= 0.3 is 0 Å². The van der Waals surface area contributed by atoms with Gasteiger partial charge in [0.1, 0.15) is 23.3 Å². The molecule has 0 amide bonds. The third-order valence-electron chi connectivity index (χ3n) is 5.67. The second-order valence-corrected chi connectivity index (χ2v) is 7.43. The maximum absolute atomic E-state index is 14.4. The number of halogens is 2. The standard InChI is InChI=1S/C24H21F2N/c1-2-3-15-4-5-17-11-18(7-6-16(17)10-15)19-8-9-21-20(12-19)13-23(25)22(14-27)24(21)26/h4-7,10-11,13,19H,2-3,8-9,12H2,1H3. The first-order chi connectivity index (χ1) is 13.1. The van der Waals surface area contributed by atoms with Crippen molar-refractivity contribution in [2.75, 3.05) is 0 Å². The van der Waals surface area contributed by atoms with Crippen molar-refractivity contribution in [3.05, 3.63) is 81.9 Å². The Kier molecular flexibility index (Phi) is 4.66. The normalized spacial score (nSPS) is 16.1. The fourth-order valence-electron chi connectivity index (χ4n) is 4.25. The van der Waals surface area contributed by atoms with E-state index >= 15 is 0 Å². The highest BCUT2D eigenvalue weighted by molar-refractivity contribution is 5.84. The SMILES string of the molecule is CCCc1ccc2cc(C3CCc4c(cc(F)c(C#N)c4F)C3)ccc2c1. The summed E-state index contributed by atoms with van der Waals surface area (Å²) in [5.74, 6) is -1.19. The van der Waals surface area contributed by atoms with Crippen LogP contribution in [0.15, 0.2) is 42.5 Å². The van der Waals surface area contributed by atoms with Gasteiger partial charge in [-0.25, -0.2) is 8.78 Å². The van der Waals surface area contributed by atoms with Crippen LogP contribution in [0.3, 0.4) is 0 Å². The van der Waals surface area contributed by atoms with Crippen LogP contribution in [0.1, 0.15) is 53.5 Å². The van der Waals surface area contributed by atoms with Crippen LogP contribution in [0.2, 0.25) is 0 Å². The zero-order valence-corrected chi connectivity index (χ0v) is 15.4. The maximum Gasteiger partial charge on any atom is 0.147 e. The van der Waals surface area contributed by atoms with Gasteiger partial charge in [0, 0.05) is 0 Å². The van der Waals surface area contributed by atoms with Crippen LogP contribution in [0.5, 0.6) is 0 Å². The van der Waals surface area contributed by atoms with Crippen molar-refractivity contribution in [3.63, 3.8) is 0 Å². The number of nitriles is 1. The average Bonchev–Trinajstić information content (AvgIpc) is 2.67. The molecule has 0 spiro atoms. The van der Waals surface area contributed by atoms with E-state index in [9.17, 15) is 8.78 Å². The number of nitrogens with zero attached hydrogens (tertiary/aromatic N) is 1. The summed E-state index contributed by atoms with van der Waals surface area (Å²) in [6.07, 6.45) is 4.16. The molecule has 1 nitrogen and oxygen atoms in total. The molecule has 3 aromatic carbocycles. The van der Waals surface area contributed by atoms with Crippen LogP contribution in [0, 0.1) is 23.0 Å². The van der Waals surface area contributed by atoms with Gasteiger partial charge in [-0.15, -0.1) is 0 Å². The van der Waals surface area contributed by atoms with Gasteiger partial charge in [0.15, 0.2) is 0 Å². The molecule has 0 aromatic heterocycles. The van der Waals surface area contributed by atoms with Gasteiger partial charge in [-0.3, -0.25) is 0 Å². The molecular weight excluding hydrogens is 340 g/mol. The molecule has 0 radical (unpaired) electrons. The predicted octanol–water partition coefficient (Wildman–Crippen LogP) is 6.21. The highest BCUT2D eigenvalue weighted by Gasteiger charge is 2.26. The van der Waals surface area contributed by atoms with E-state index in [1.54, 1.807) is 6.07 Å². The van der Waals surface area contributed by atoms with Gasteiger partial charge in [0.25, 0.3) is 0 Å². The monoisotopic (exact) mass is 361 g/mol. The summed E-state index contributed by atoms with van der Waals surface area (Å²) in [7, 11) is 0. The Morgan fingerprint density at radius 1 is 1.07 bits per heavy atom. The van der Waals surface area contributed by atoms with Crippen LogP contribution in [0.25, 0.3) is 10.8 Å². The van der Waals surface area contributed by atoms with E-state index in [0.29, 0.717) is 24.0 Å². The molecule has 0 saturated carbocycles. The van der Waals surface area contributed by atoms with Crippen molar-refractivity contribution in [1.82, 2.24) is 0 Å². The molecule has 1 aliphatic rings. The second-order valence-electron chi connectivity index (χ2n) is 7.43. The van der Waals surface area contributed by atoms with E-state index in [1.807, 2.05) is 0 Å². The molecule has 3 heteroatoms. The fraction of sp³-hybridized carbons (Fsp3) is 0.292. The van der Waals surface area contributed by atoms with Crippen molar-refractivity contribution in [1.29, 1.82) is 5.26 Å². The quantitative estimate of drug-likeness (QED) is 0.544. The third kappa shape index (κ3) is 3.21. The summed E-state index contributed by atoms with van der Waals surface area (Å²) in [5.41, 5.74) is 3.30. The molecule has 1 atom stereocenters. The average molecular weight is 361 g/mol. The van der Waals surface area contributed by atoms with E-state index in [-0.39, 0.29) is 5.92 Å². The van der Waals surface area contributed by atoms with E-state index in [1.165, 1.54) is 28.0 Å². The first-order valence-corrected chi connectivity index (χ1v) is 9.53. The first-order valence-electron chi connectivity index (χ1n) is 9.53. The smallest absolute Gasteiger partial charge is 0.147 e. The number of hydrogen-bond acceptors (Lipinski definition) is 1. The van der Waals surface area contributed by atoms with Gasteiger partial charge in [-0.1, -0.05) is 49.7 Å². The predicted molar refractivity (Wildman–Crippen MR) is 104 cm³/mol. The van der Waals surface area contributed by atoms with Crippen molar-refractivity contribution in [2.24, 2.45) is 0 Å². The molecule has 136 valence electrons. The fourth-order valence-corrected chi connectivity index (χ4v) is 4.25. The molecule has 0 aliphatic heterocycles. The van der Waals surface area contributed by atoms with Crippen LogP contribution in [-0.4, -0.2) is 0 Å². The Balaban J connectivity index is 1.66. The number of hydrogen-bond donors (Lipinski definition) is 0. The Hall–Kier alpha value is -2.73. The summed E-state index contributed by atoms with van der Waals surface area (Å²) >= 11 is 0. The van der Waals surface area contributed by atoms with Crippen molar-refractivity contribution in [3.8, 4) is 6.07 Å². The zero-order valence-electron chi connectivity index (χ0n) is 15.4. The van der Waals surface area contributed by atoms with Crippen molar-refractivity contribution < 1.29 is 8.78 Å². The highest BCUT2D eigenvalue weighted by atomic mass is 19.1. The van der Waals surface area contributed by atoms with Gasteiger partial charge in [0.05, 0.1) is 0 Å². The van der Waals surface area contributed by atoms with E-state index < -0.39 is 17.2 Å². The molecule has 0 fully saturated rings. The molecule has 1 unspecified atom stereocenters. The maximum atomic E-state index is 14.4. The summed E-state index contributed by atoms with van der Waals surface area (Å²) in [5, 5.41) is 11.4. The molecular formula is C24H21F2N. The second kappa shape index (κ2) is 7.12. The minimum absolute atomic E-state index is 0.240. The van der Waals surface area contributed by atoms with E-state index in [0.717, 1.165) is 19.3 Å². The number of benzene rings is 3. The minimum Gasteiger partial charge on any atom is -0.205 e. The molecule has 0 N–H and O–H groups in total. The van der Waals surface area contributed by atoms with Gasteiger partial charge in [-0.05, 0) is 70.7 Å². The van der Waals surface area contributed by atoms with Crippen LogP contribution in [-0.2, 0) is 19.3 Å². The molecule has 4 rings (SSSR count). The molecule has 27 heavy (non-hydrogen) atoms. The Bertz CT molecular complexity index is 1060. The lowest BCUT2D eigenvalue weighted by molar-refractivity contribution is 0.520. The minimum atomic E-state index is -0.753. The molecule has 0 bridgehead atoms. The number of fused-ring (bicyclic) bond motifs is 2. The lowest BCUT2D eigenvalue weighted by Crippen LogP contribution is -2.16. The zero-order chi connectivity index (χ0) is 19.0. The summed E-state index contributed by atoms with van der Waals surface area (Å²) < 4.78 is 28.4. The molecule has 1 aliphatic carbocycles. The van der Waals surface area contributed by atoms with Crippen molar-refractivity contribution >= 4 is 10.8 Å². The van der Waals surface area contributed by atoms with Crippen LogP contribution in [0.4, 0.5) is 8.78 Å². The van der Waals surface area contributed by atoms with Crippen LogP contribution >= 0.6 is 0 Å². The summed E-state index contributed by atoms with van der Waals surface area (Å²) in [6.45, 7) is 2.18. The first kappa shape index (κ1) is 17.7. The Morgan fingerprint density at radius 2 is 1.85 bits per heavy atom. The highest BCUT2D eigenvalue weighted by Crippen LogP contribution is 2.36. The Labute approximate surface area is 158 Å². The van der Waals surface area contributed by atoms with Gasteiger partial charge in [-0.2, -0.15) is 5.26 Å². The molecule has 0 heterocycles. The number of aryl methyl sites for hydroxylation is 1. The lowest BCUT2D eigenvalue weighted by atomic mass is 9.79. The van der Waals surface area contributed by atoms with Gasteiger partial charge in [0.2, 0.25) is 0 Å². The van der Waals surface area contributed by atoms with Gasteiger partial charge < -0.3 is 0 Å². The third-order valence-corrected chi connectivity index (χ3v) is 5.67. The lowest BCUT2D eigenvalue weighted by Gasteiger charge is -2.26. The van der Waals surface area contributed by atoms with Crippen LogP contribution < -0.4 is 0 Å². The molecule has 3 aromatic rings. The summed E-state index contributed by atoms with van der Waals surface area (Å²) in [4.78, 5) is 0. The Morgan fingerprint density at radius 3 is 2.63 bits per heavy atom. The number of rotatable bonds is 3. The van der Waals surface area contributed by atoms with Crippen molar-refractivity contribution in [2.45, 2.75) is 44.9 Å². The summed E-state index contributed by atoms with van der Waals surface area (Å²) in [6, 6.07) is 16.1. The van der Waals surface area contributed by atoms with E-state index in [2.05, 4.69) is 43.3 Å².